The molecule has 0 aromatic heterocycles. The summed E-state index contributed by atoms with van der Waals surface area (Å²) < 4.78 is 14.2. The number of nitrogens with two attached hydrogens (primary N) is 2. The lowest BCUT2D eigenvalue weighted by Crippen LogP contribution is -2.40. The molecule has 4 unspecified atom stereocenters. The summed E-state index contributed by atoms with van der Waals surface area (Å²) in [7, 11) is 0. The first kappa shape index (κ1) is 116. The van der Waals surface area contributed by atoms with Gasteiger partial charge in [-0.25, -0.2) is 9.59 Å². The van der Waals surface area contributed by atoms with Crippen molar-refractivity contribution in [2.75, 3.05) is 125 Å². The van der Waals surface area contributed by atoms with E-state index in [1.54, 1.807) is 27.7 Å². The van der Waals surface area contributed by atoms with Crippen molar-refractivity contribution < 1.29 is 145 Å². The van der Waals surface area contributed by atoms with Crippen molar-refractivity contribution in [3.8, 4) is 0 Å². The molecule has 6 aliphatic rings. The molecular weight excluding hydrogens is 1680 g/mol. The highest BCUT2D eigenvalue weighted by Gasteiger charge is 2.41. The molecule has 6 atom stereocenters. The highest BCUT2D eigenvalue weighted by molar-refractivity contribution is 8.01. The van der Waals surface area contributed by atoms with E-state index in [-0.39, 0.29) is 233 Å². The van der Waals surface area contributed by atoms with Gasteiger partial charge < -0.3 is 77.8 Å². The summed E-state index contributed by atoms with van der Waals surface area (Å²) in [6.07, 6.45) is 3.84. The number of thioether (sulfide) groups is 4. The Morgan fingerprint density at radius 3 is 0.843 bits per heavy atom. The van der Waals surface area contributed by atoms with Gasteiger partial charge in [0.15, 0.2) is 0 Å². The molecule has 6 fully saturated rings. The average molecular weight is 1800 g/mol. The quantitative estimate of drug-likeness (QED) is 0.0182. The molecule has 0 radical (unpaired) electrons. The largest absolute Gasteiger partial charge is 0.481 e. The van der Waals surface area contributed by atoms with E-state index in [0.717, 1.165) is 41.7 Å². The van der Waals surface area contributed by atoms with Crippen LogP contribution < -0.4 is 38.1 Å². The maximum atomic E-state index is 11.8. The number of ether oxygens (including phenoxy) is 3. The zero-order valence-electron chi connectivity index (χ0n) is 70.1. The summed E-state index contributed by atoms with van der Waals surface area (Å²) in [4.78, 5) is 250. The summed E-state index contributed by atoms with van der Waals surface area (Å²) >= 11 is 4.28. The molecule has 46 heteroatoms. The van der Waals surface area contributed by atoms with E-state index in [2.05, 4.69) is 31.3 Å². The first-order chi connectivity index (χ1) is 56.1. The van der Waals surface area contributed by atoms with Crippen molar-refractivity contribution in [2.24, 2.45) is 47.0 Å². The van der Waals surface area contributed by atoms with Gasteiger partial charge in [-0.2, -0.15) is 0 Å². The van der Waals surface area contributed by atoms with Crippen LogP contribution in [0.3, 0.4) is 0 Å². The normalized spacial score (nSPS) is 18.0. The molecule has 15 amide bonds. The number of carboxylic acid groups (broad SMARTS) is 5. The Bertz CT molecular complexity index is 3310. The van der Waals surface area contributed by atoms with Gasteiger partial charge in [0.2, 0.25) is 76.8 Å². The Labute approximate surface area is 720 Å². The Morgan fingerprint density at radius 2 is 0.661 bits per heavy atom. The number of carbonyl (C=O) groups excluding carboxylic acids is 17. The van der Waals surface area contributed by atoms with Gasteiger partial charge in [-0.15, -0.1) is 47.0 Å². The number of aliphatic carboxylic acids is 5. The van der Waals surface area contributed by atoms with Gasteiger partial charge in [-0.3, -0.25) is 120 Å². The molecule has 6 aliphatic heterocycles. The zero-order chi connectivity index (χ0) is 92.2. The van der Waals surface area contributed by atoms with Gasteiger partial charge in [0.1, 0.15) is 11.2 Å². The fraction of sp³-hybridized carbons (Fsp3) is 0.707. The van der Waals surface area contributed by atoms with Crippen molar-refractivity contribution in [2.45, 2.75) is 179 Å². The standard InChI is InChI=1S/C13H22N2O4.3C12H18N2O5S.C8H14N2O2.C7H16N2O2.C6H10O4.C4H4O3S.CH4/c1-5-9-8-10(16)15(11(9)17)7-6-14-12(18)19-13(2,3)4;3*1-2-8-5-10(16)14(12(8)19)4-3-13-9(15)6-20-7-11(17)18;1-2-6-5-7(11)10(4-3-9)8(6)12;1-7(2,3)11-6(10)9-5-4-8;1-2-4(6(9)10)3-5(7)8;5-3-1-8-2-4(6)7-3;/h9H,5-8H2,1-4H3,(H,14,18);3*8H,2-7H2,1H3,(H,13,15)(H,17,18);6H,2-5,9H2,1H3;4-5,8H2,1-3H3,(H,9,10);4H,2-3H2,1H3,(H,7,8)(H,9,10);1-2H2;1H4/t;2*8-;;;;;;/m.10....../s1. The number of nitrogens with zero attached hydrogens (tertiary/aromatic N) is 5. The monoisotopic (exact) mass is 1800 g/mol. The van der Waals surface area contributed by atoms with Gasteiger partial charge in [0.25, 0.3) is 0 Å². The van der Waals surface area contributed by atoms with Crippen LogP contribution in [0, 0.1) is 35.5 Å². The highest BCUT2D eigenvalue weighted by Crippen LogP contribution is 2.26. The van der Waals surface area contributed by atoms with Gasteiger partial charge in [-0.1, -0.05) is 49.0 Å². The van der Waals surface area contributed by atoms with E-state index < -0.39 is 71.1 Å². The number of alkyl carbamates (subject to hydrolysis) is 2. The number of amides is 15. The lowest BCUT2D eigenvalue weighted by Gasteiger charge is -2.20. The summed E-state index contributed by atoms with van der Waals surface area (Å²) in [5.41, 5.74) is 9.45. The minimum absolute atomic E-state index is 0. The lowest BCUT2D eigenvalue weighted by atomic mass is 10.0. The smallest absolute Gasteiger partial charge is 0.407 e. The van der Waals surface area contributed by atoms with Crippen molar-refractivity contribution in [3.05, 3.63) is 0 Å². The molecule has 0 saturated carbocycles. The van der Waals surface area contributed by atoms with Crippen LogP contribution in [-0.4, -0.2) is 317 Å². The number of carbonyl (C=O) groups is 22. The highest BCUT2D eigenvalue weighted by atomic mass is 32.2. The van der Waals surface area contributed by atoms with Crippen LogP contribution in [0.25, 0.3) is 0 Å². The maximum Gasteiger partial charge on any atom is 0.407 e. The number of hydrogen-bond acceptors (Lipinski definition) is 31. The molecule has 42 nitrogen and oxygen atoms in total. The number of nitrogens with one attached hydrogen (secondary N) is 5. The molecule has 0 aliphatic carbocycles. The van der Waals surface area contributed by atoms with Crippen molar-refractivity contribution >= 4 is 178 Å². The fourth-order valence-electron chi connectivity index (χ4n) is 10.5. The van der Waals surface area contributed by atoms with Crippen molar-refractivity contribution in [1.29, 1.82) is 0 Å². The third kappa shape index (κ3) is 51.1. The SMILES string of the molecule is C.CC(C)(C)OC(=O)NCCN.CCC(CC(=O)O)C(=O)O.CCC1CC(=O)N(CCN)C1=O.CCC1CC(=O)N(CCNC(=O)CSCC(=O)O)C1=O.CCC1CC(=O)N(CCNC(=O)OC(C)(C)C)C1=O.CC[C@@H]1CC(=O)N(CCNC(=O)CSCC(=O)O)C1=O.CC[C@H]1CC(=O)N(CCNC(=O)CSCC(=O)O)C1=O.O=C1CSCC(=O)O1. The zero-order valence-corrected chi connectivity index (χ0v) is 73.3. The molecule has 0 aromatic rings. The number of carboxylic acids is 5. The summed E-state index contributed by atoms with van der Waals surface area (Å²) in [6.45, 7) is 24.9. The third-order valence-electron chi connectivity index (χ3n) is 16.6. The van der Waals surface area contributed by atoms with Crippen LogP contribution in [0.4, 0.5) is 9.59 Å². The molecule has 0 spiro atoms. The molecule has 0 aromatic carbocycles. The van der Waals surface area contributed by atoms with Crippen LogP contribution in [-0.2, 0) is 110 Å². The second-order valence-corrected chi connectivity index (χ2v) is 32.4. The number of likely N-dealkylation sites (tertiary alicyclic amines) is 5. The topological polar surface area (TPSA) is 633 Å². The molecular formula is C75H124N12O30S4. The van der Waals surface area contributed by atoms with E-state index in [0.29, 0.717) is 76.2 Å². The van der Waals surface area contributed by atoms with Gasteiger partial charge in [-0.05, 0) is 80.1 Å². The molecule has 0 bridgehead atoms. The number of imide groups is 5. The predicted molar refractivity (Wildman–Crippen MR) is 445 cm³/mol. The molecule has 14 N–H and O–H groups in total. The van der Waals surface area contributed by atoms with E-state index in [1.807, 2.05) is 55.4 Å². The van der Waals surface area contributed by atoms with Crippen LogP contribution >= 0.6 is 47.0 Å². The van der Waals surface area contributed by atoms with E-state index in [1.165, 1.54) is 36.3 Å². The summed E-state index contributed by atoms with van der Waals surface area (Å²) in [5, 5.41) is 54.5. The van der Waals surface area contributed by atoms with Crippen LogP contribution in [0.15, 0.2) is 0 Å². The second kappa shape index (κ2) is 62.6. The number of cyclic esters (lactones) is 2. The van der Waals surface area contributed by atoms with Gasteiger partial charge >= 0.3 is 54.0 Å². The van der Waals surface area contributed by atoms with E-state index >= 15 is 0 Å². The molecule has 6 saturated heterocycles. The van der Waals surface area contributed by atoms with E-state index in [4.69, 9.17) is 46.5 Å². The lowest BCUT2D eigenvalue weighted by molar-refractivity contribution is -0.157. The minimum atomic E-state index is -1.06. The molecule has 121 heavy (non-hydrogen) atoms. The average Bonchev–Trinajstić information content (AvgIpc) is 1.72. The Morgan fingerprint density at radius 1 is 0.405 bits per heavy atom. The summed E-state index contributed by atoms with van der Waals surface area (Å²) in [6, 6.07) is 0. The van der Waals surface area contributed by atoms with Gasteiger partial charge in [0, 0.05) is 140 Å². The maximum absolute atomic E-state index is 11.8. The Kier molecular flexibility index (Phi) is 59.8. The first-order valence-electron chi connectivity index (χ1n) is 38.6. The van der Waals surface area contributed by atoms with E-state index in [9.17, 15) is 105 Å². The summed E-state index contributed by atoms with van der Waals surface area (Å²) in [5.74, 6) is -9.66. The number of esters is 2. The molecule has 6 rings (SSSR count). The molecule has 6 heterocycles. The first-order valence-corrected chi connectivity index (χ1v) is 43.2. The minimum Gasteiger partial charge on any atom is -0.481 e. The number of hydrogen-bond donors (Lipinski definition) is 12. The van der Waals surface area contributed by atoms with Crippen molar-refractivity contribution in [1.82, 2.24) is 51.1 Å². The molecule has 688 valence electrons. The predicted octanol–water partition coefficient (Wildman–Crippen LogP) is 1.62. The fourth-order valence-corrected chi connectivity index (χ4v) is 12.8. The number of rotatable bonds is 37. The third-order valence-corrected chi connectivity index (χ3v) is 20.2. The van der Waals surface area contributed by atoms with Crippen molar-refractivity contribution in [3.63, 3.8) is 0 Å². The van der Waals surface area contributed by atoms with Crippen LogP contribution in [0.2, 0.25) is 0 Å². The van der Waals surface area contributed by atoms with Gasteiger partial charge in [0.05, 0.1) is 58.4 Å². The Balaban J connectivity index is -0.00000134. The van der Waals surface area contributed by atoms with Crippen LogP contribution in [0.5, 0.6) is 0 Å². The van der Waals surface area contributed by atoms with Crippen LogP contribution in [0.1, 0.15) is 168 Å². The second-order valence-electron chi connectivity index (χ2n) is 28.5. The Hall–Kier alpha value is -9.54.